The molecule has 0 radical (unpaired) electrons. The van der Waals surface area contributed by atoms with Crippen molar-refractivity contribution < 1.29 is 56.8 Å². The summed E-state index contributed by atoms with van der Waals surface area (Å²) in [5.41, 5.74) is 0. The fraction of sp³-hybridized carbons (Fsp3) is 0.737. The molecular weight excluding hydrogens is 680 g/mol. The predicted octanol–water partition coefficient (Wildman–Crippen LogP) is 6.05. The van der Waals surface area contributed by atoms with Gasteiger partial charge in [-0.15, -0.1) is 0 Å². The summed E-state index contributed by atoms with van der Waals surface area (Å²) < 4.78 is 53.7. The number of carbonyl (C=O) groups is 2. The second-order valence-corrected chi connectivity index (χ2v) is 14.5. The maximum atomic E-state index is 12.6. The molecule has 1 aliphatic heterocycles. The van der Waals surface area contributed by atoms with Crippen molar-refractivity contribution in [3.8, 4) is 0 Å². The number of aliphatic hydroxyl groups excluding tert-OH is 3. The summed E-state index contributed by atoms with van der Waals surface area (Å²) in [5.74, 6) is -2.02. The van der Waals surface area contributed by atoms with Gasteiger partial charge in [0.15, 0.2) is 12.4 Å². The number of esters is 2. The Morgan fingerprint density at radius 3 is 1.84 bits per heavy atom. The molecule has 4 N–H and O–H groups in total. The van der Waals surface area contributed by atoms with E-state index in [1.54, 1.807) is 0 Å². The lowest BCUT2D eigenvalue weighted by atomic mass is 10.00. The number of rotatable bonds is 29. The van der Waals surface area contributed by atoms with Crippen molar-refractivity contribution in [2.45, 2.75) is 160 Å². The Balaban J connectivity index is 2.53. The van der Waals surface area contributed by atoms with Crippen LogP contribution in [0.2, 0.25) is 0 Å². The number of aliphatic hydroxyl groups is 3. The summed E-state index contributed by atoms with van der Waals surface area (Å²) in [4.78, 5) is 25.1. The molecule has 0 aromatic rings. The van der Waals surface area contributed by atoms with Crippen LogP contribution in [0.1, 0.15) is 123 Å². The van der Waals surface area contributed by atoms with Crippen molar-refractivity contribution in [2.75, 3.05) is 19.0 Å². The molecule has 6 atom stereocenters. The first-order valence-corrected chi connectivity index (χ1v) is 20.4. The van der Waals surface area contributed by atoms with Crippen molar-refractivity contribution in [1.29, 1.82) is 0 Å². The number of hydrogen-bond acceptors (Lipinski definition) is 11. The highest BCUT2D eigenvalue weighted by atomic mass is 32.2. The van der Waals surface area contributed by atoms with E-state index in [0.717, 1.165) is 57.8 Å². The van der Waals surface area contributed by atoms with Crippen molar-refractivity contribution in [2.24, 2.45) is 0 Å². The van der Waals surface area contributed by atoms with Crippen molar-refractivity contribution >= 4 is 22.1 Å². The summed E-state index contributed by atoms with van der Waals surface area (Å²) in [7, 11) is -4.60. The third-order valence-electron chi connectivity index (χ3n) is 8.27. The van der Waals surface area contributed by atoms with Gasteiger partial charge >= 0.3 is 11.9 Å². The van der Waals surface area contributed by atoms with Gasteiger partial charge in [0.25, 0.3) is 10.1 Å². The van der Waals surface area contributed by atoms with Gasteiger partial charge < -0.3 is 34.3 Å². The van der Waals surface area contributed by atoms with Gasteiger partial charge in [-0.05, 0) is 32.1 Å². The number of ether oxygens (including phenoxy) is 4. The second kappa shape index (κ2) is 29.1. The molecule has 51 heavy (non-hydrogen) atoms. The molecule has 294 valence electrons. The van der Waals surface area contributed by atoms with E-state index >= 15 is 0 Å². The van der Waals surface area contributed by atoms with Crippen LogP contribution < -0.4 is 0 Å². The maximum Gasteiger partial charge on any atom is 0.306 e. The van der Waals surface area contributed by atoms with Crippen LogP contribution in [0.15, 0.2) is 48.6 Å². The lowest BCUT2D eigenvalue weighted by Gasteiger charge is -2.40. The molecule has 13 heteroatoms. The second-order valence-electron chi connectivity index (χ2n) is 13.0. The van der Waals surface area contributed by atoms with Crippen LogP contribution in [0, 0.1) is 0 Å². The number of allylic oxidation sites excluding steroid dienone is 8. The van der Waals surface area contributed by atoms with Crippen LogP contribution in [0.3, 0.4) is 0 Å². The minimum absolute atomic E-state index is 0.157. The molecule has 0 bridgehead atoms. The van der Waals surface area contributed by atoms with Crippen LogP contribution in [0.5, 0.6) is 0 Å². The molecule has 0 aromatic heterocycles. The highest BCUT2D eigenvalue weighted by molar-refractivity contribution is 7.85. The smallest absolute Gasteiger partial charge is 0.306 e. The fourth-order valence-electron chi connectivity index (χ4n) is 5.33. The average Bonchev–Trinajstić information content (AvgIpc) is 3.09. The van der Waals surface area contributed by atoms with Crippen LogP contribution in [-0.4, -0.2) is 96.0 Å². The molecule has 0 amide bonds. The van der Waals surface area contributed by atoms with Gasteiger partial charge in [0.1, 0.15) is 36.8 Å². The SMILES string of the molecule is CC/C=C/C=C/C=C/C=C/CCCCCCCC(=O)OC[C@H](CO[C@H]1O[C@H](CS(=O)(=O)O)[C@@H](O)C(O)C1O)OC(=O)CCCCCCCCCC. The zero-order valence-corrected chi connectivity index (χ0v) is 31.5. The summed E-state index contributed by atoms with van der Waals surface area (Å²) in [6.45, 7) is 3.52. The highest BCUT2D eigenvalue weighted by Gasteiger charge is 2.46. The maximum absolute atomic E-state index is 12.6. The normalized spacial score (nSPS) is 22.0. The molecule has 0 aromatic carbocycles. The number of carbonyl (C=O) groups excluding carboxylic acids is 2. The van der Waals surface area contributed by atoms with Gasteiger partial charge in [0.05, 0.1) is 6.61 Å². The van der Waals surface area contributed by atoms with Gasteiger partial charge in [-0.3, -0.25) is 14.1 Å². The van der Waals surface area contributed by atoms with Crippen LogP contribution in [0.4, 0.5) is 0 Å². The summed E-state index contributed by atoms with van der Waals surface area (Å²) in [6.07, 6.45) is 21.9. The Hall–Kier alpha value is -2.39. The Morgan fingerprint density at radius 1 is 0.686 bits per heavy atom. The monoisotopic (exact) mass is 744 g/mol. The highest BCUT2D eigenvalue weighted by Crippen LogP contribution is 2.24. The standard InChI is InChI=1S/C38H64O12S/c1-3-5-7-9-11-13-14-15-16-17-18-19-21-22-24-26-33(39)47-28-31(49-34(40)27-25-23-20-12-10-8-6-4-2)29-48-38-37(43)36(42)35(41)32(50-38)30-51(44,45)46/h5,7,9,11,13-16,31-32,35-38,41-43H,3-4,6,8,10,12,17-30H2,1-2H3,(H,44,45,46)/b7-5+,11-9+,14-13+,16-15+/t31-,32-,35-,36?,37?,38+/m1/s1. The zero-order chi connectivity index (χ0) is 37.7. The number of unbranched alkanes of at least 4 members (excludes halogenated alkanes) is 12. The lowest BCUT2D eigenvalue weighted by molar-refractivity contribution is -0.297. The topological polar surface area (TPSA) is 186 Å². The van der Waals surface area contributed by atoms with Crippen LogP contribution in [-0.2, 0) is 38.7 Å². The van der Waals surface area contributed by atoms with Gasteiger partial charge in [0.2, 0.25) is 0 Å². The molecule has 12 nitrogen and oxygen atoms in total. The van der Waals surface area contributed by atoms with E-state index in [4.69, 9.17) is 18.9 Å². The van der Waals surface area contributed by atoms with Gasteiger partial charge in [-0.2, -0.15) is 8.42 Å². The largest absolute Gasteiger partial charge is 0.462 e. The minimum Gasteiger partial charge on any atom is -0.462 e. The minimum atomic E-state index is -4.60. The third-order valence-corrected chi connectivity index (χ3v) is 9.02. The van der Waals surface area contributed by atoms with E-state index in [9.17, 15) is 37.9 Å². The molecule has 1 saturated heterocycles. The fourth-order valence-corrected chi connectivity index (χ4v) is 6.02. The molecule has 1 fully saturated rings. The lowest BCUT2D eigenvalue weighted by Crippen LogP contribution is -2.60. The van der Waals surface area contributed by atoms with E-state index in [1.165, 1.54) is 25.7 Å². The number of hydrogen-bond donors (Lipinski definition) is 4. The van der Waals surface area contributed by atoms with Gasteiger partial charge in [-0.25, -0.2) is 0 Å². The molecule has 1 rings (SSSR count). The molecule has 0 spiro atoms. The Bertz CT molecular complexity index is 1150. The zero-order valence-electron chi connectivity index (χ0n) is 30.7. The van der Waals surface area contributed by atoms with Gasteiger partial charge in [-0.1, -0.05) is 127 Å². The van der Waals surface area contributed by atoms with E-state index in [2.05, 4.69) is 26.0 Å². The Labute approximate surface area is 305 Å². The first-order valence-electron chi connectivity index (χ1n) is 18.7. The van der Waals surface area contributed by atoms with E-state index < -0.39 is 71.2 Å². The molecule has 0 aliphatic carbocycles. The molecule has 1 aliphatic rings. The van der Waals surface area contributed by atoms with E-state index in [1.807, 2.05) is 36.5 Å². The van der Waals surface area contributed by atoms with E-state index in [-0.39, 0.29) is 19.4 Å². The first-order chi connectivity index (χ1) is 24.5. The van der Waals surface area contributed by atoms with Gasteiger partial charge in [0, 0.05) is 12.8 Å². The van der Waals surface area contributed by atoms with Crippen molar-refractivity contribution in [3.63, 3.8) is 0 Å². The average molecular weight is 745 g/mol. The first kappa shape index (κ1) is 46.6. The molecular formula is C38H64O12S. The van der Waals surface area contributed by atoms with E-state index in [0.29, 0.717) is 12.8 Å². The third kappa shape index (κ3) is 24.5. The summed E-state index contributed by atoms with van der Waals surface area (Å²) in [5, 5.41) is 30.7. The summed E-state index contributed by atoms with van der Waals surface area (Å²) in [6, 6.07) is 0. The van der Waals surface area contributed by atoms with Crippen LogP contribution >= 0.6 is 0 Å². The Kier molecular flexibility index (Phi) is 26.6. The summed E-state index contributed by atoms with van der Waals surface area (Å²) >= 11 is 0. The van der Waals surface area contributed by atoms with Crippen molar-refractivity contribution in [3.05, 3.63) is 48.6 Å². The molecule has 2 unspecified atom stereocenters. The van der Waals surface area contributed by atoms with Crippen LogP contribution in [0.25, 0.3) is 0 Å². The molecule has 0 saturated carbocycles. The quantitative estimate of drug-likeness (QED) is 0.0301. The predicted molar refractivity (Wildman–Crippen MR) is 196 cm³/mol. The van der Waals surface area contributed by atoms with Crippen molar-refractivity contribution in [1.82, 2.24) is 0 Å². The molecule has 1 heterocycles. The Morgan fingerprint density at radius 2 is 1.24 bits per heavy atom.